The number of methoxy groups -OCH3 is 1. The number of unbranched alkanes of at least 4 members (excludes halogenated alkanes) is 3. The predicted molar refractivity (Wildman–Crippen MR) is 127 cm³/mol. The summed E-state index contributed by atoms with van der Waals surface area (Å²) in [5.74, 6) is -0.436. The molecule has 0 aromatic heterocycles. The van der Waals surface area contributed by atoms with Crippen molar-refractivity contribution in [1.82, 2.24) is 4.90 Å². The highest BCUT2D eigenvalue weighted by Gasteiger charge is 2.35. The minimum absolute atomic E-state index is 0.0366. The van der Waals surface area contributed by atoms with E-state index in [-0.39, 0.29) is 30.7 Å². The van der Waals surface area contributed by atoms with E-state index in [0.717, 1.165) is 24.2 Å². The maximum absolute atomic E-state index is 13.1. The van der Waals surface area contributed by atoms with Crippen molar-refractivity contribution in [3.05, 3.63) is 40.5 Å². The molecule has 1 aromatic rings. The Morgan fingerprint density at radius 3 is 2.50 bits per heavy atom. The van der Waals surface area contributed by atoms with Crippen LogP contribution in [0.4, 0.5) is 0 Å². The zero-order valence-electron chi connectivity index (χ0n) is 20.3. The molecule has 1 aromatic carbocycles. The van der Waals surface area contributed by atoms with Gasteiger partial charge in [0, 0.05) is 19.0 Å². The molecule has 0 radical (unpaired) electrons. The Morgan fingerprint density at radius 2 is 1.85 bits per heavy atom. The molecule has 0 fully saturated rings. The van der Waals surface area contributed by atoms with Crippen molar-refractivity contribution >= 4 is 23.9 Å². The smallest absolute Gasteiger partial charge is 0.302 e. The van der Waals surface area contributed by atoms with E-state index in [1.165, 1.54) is 13.3 Å². The molecule has 2 rings (SSSR count). The van der Waals surface area contributed by atoms with Gasteiger partial charge in [0.05, 0.1) is 20.3 Å². The molecule has 0 bridgehead atoms. The van der Waals surface area contributed by atoms with E-state index in [4.69, 9.17) is 14.2 Å². The fraction of sp³-hybridized carbons (Fsp3) is 0.462. The molecule has 0 aliphatic carbocycles. The molecule has 182 valence electrons. The van der Waals surface area contributed by atoms with Crippen molar-refractivity contribution < 1.29 is 28.6 Å². The SMILES string of the molecule is CCCCCCOc1ccc(C=C2C(=O)N(CCCOC(C)=O)C(=O)C(C#N)=C2C)cc1OC. The normalized spacial score (nSPS) is 14.9. The lowest BCUT2D eigenvalue weighted by Gasteiger charge is -2.27. The number of hydrogen-bond acceptors (Lipinski definition) is 7. The third kappa shape index (κ3) is 6.95. The molecular weight excluding hydrogens is 436 g/mol. The lowest BCUT2D eigenvalue weighted by Crippen LogP contribution is -2.43. The van der Waals surface area contributed by atoms with Gasteiger partial charge in [0.15, 0.2) is 11.5 Å². The molecular formula is C26H32N2O6. The molecule has 1 aliphatic rings. The van der Waals surface area contributed by atoms with Crippen molar-refractivity contribution in [2.75, 3.05) is 26.9 Å². The summed E-state index contributed by atoms with van der Waals surface area (Å²) < 4.78 is 16.2. The minimum Gasteiger partial charge on any atom is -0.493 e. The number of nitrogens with zero attached hydrogens (tertiary/aromatic N) is 2. The van der Waals surface area contributed by atoms with Crippen LogP contribution in [-0.2, 0) is 19.1 Å². The zero-order valence-corrected chi connectivity index (χ0v) is 20.3. The Labute approximate surface area is 200 Å². The maximum Gasteiger partial charge on any atom is 0.302 e. The topological polar surface area (TPSA) is 106 Å². The number of esters is 1. The highest BCUT2D eigenvalue weighted by atomic mass is 16.5. The van der Waals surface area contributed by atoms with Crippen molar-refractivity contribution in [1.29, 1.82) is 5.26 Å². The number of hydrogen-bond donors (Lipinski definition) is 0. The summed E-state index contributed by atoms with van der Waals surface area (Å²) in [6.07, 6.45) is 6.30. The van der Waals surface area contributed by atoms with E-state index >= 15 is 0 Å². The van der Waals surface area contributed by atoms with Gasteiger partial charge >= 0.3 is 5.97 Å². The molecule has 0 saturated heterocycles. The third-order valence-electron chi connectivity index (χ3n) is 5.41. The number of amides is 2. The molecule has 2 amide bonds. The van der Waals surface area contributed by atoms with E-state index < -0.39 is 17.8 Å². The van der Waals surface area contributed by atoms with Gasteiger partial charge in [-0.2, -0.15) is 5.26 Å². The van der Waals surface area contributed by atoms with Crippen LogP contribution in [0.1, 0.15) is 58.4 Å². The number of rotatable bonds is 12. The van der Waals surface area contributed by atoms with Gasteiger partial charge in [0.25, 0.3) is 11.8 Å². The number of ether oxygens (including phenoxy) is 3. The molecule has 0 unspecified atom stereocenters. The van der Waals surface area contributed by atoms with E-state index in [1.54, 1.807) is 38.3 Å². The summed E-state index contributed by atoms with van der Waals surface area (Å²) in [6, 6.07) is 7.24. The molecule has 8 nitrogen and oxygen atoms in total. The largest absolute Gasteiger partial charge is 0.493 e. The third-order valence-corrected chi connectivity index (χ3v) is 5.41. The van der Waals surface area contributed by atoms with Crippen LogP contribution in [0, 0.1) is 11.3 Å². The van der Waals surface area contributed by atoms with E-state index in [2.05, 4.69) is 6.92 Å². The van der Waals surface area contributed by atoms with Crippen molar-refractivity contribution in [2.45, 2.75) is 52.9 Å². The van der Waals surface area contributed by atoms with Gasteiger partial charge in [-0.15, -0.1) is 0 Å². The standard InChI is InChI=1S/C26H32N2O6/c1-5-6-7-8-13-34-23-11-10-20(16-24(23)32-4)15-21-18(2)22(17-27)26(31)28(25(21)30)12-9-14-33-19(3)29/h10-11,15-16H,5-9,12-14H2,1-4H3. The number of carbonyl (C=O) groups excluding carboxylic acids is 3. The lowest BCUT2D eigenvalue weighted by molar-refractivity contribution is -0.141. The second-order valence-corrected chi connectivity index (χ2v) is 7.94. The van der Waals surface area contributed by atoms with Crippen molar-refractivity contribution in [2.24, 2.45) is 0 Å². The van der Waals surface area contributed by atoms with Crippen LogP contribution >= 0.6 is 0 Å². The van der Waals surface area contributed by atoms with Crippen LogP contribution in [0.5, 0.6) is 11.5 Å². The zero-order chi connectivity index (χ0) is 25.1. The van der Waals surface area contributed by atoms with E-state index in [1.807, 2.05) is 6.07 Å². The summed E-state index contributed by atoms with van der Waals surface area (Å²) in [7, 11) is 1.55. The quantitative estimate of drug-likeness (QED) is 0.196. The minimum atomic E-state index is -0.644. The summed E-state index contributed by atoms with van der Waals surface area (Å²) in [6.45, 7) is 5.73. The lowest BCUT2D eigenvalue weighted by atomic mass is 9.93. The van der Waals surface area contributed by atoms with Gasteiger partial charge in [-0.05, 0) is 49.1 Å². The maximum atomic E-state index is 13.1. The summed E-state index contributed by atoms with van der Waals surface area (Å²) in [5.41, 5.74) is 1.16. The van der Waals surface area contributed by atoms with Gasteiger partial charge in [0.1, 0.15) is 11.6 Å². The van der Waals surface area contributed by atoms with Crippen LogP contribution in [0.3, 0.4) is 0 Å². The Kier molecular flexibility index (Phi) is 10.3. The molecule has 8 heteroatoms. The summed E-state index contributed by atoms with van der Waals surface area (Å²) in [5, 5.41) is 9.52. The Hall–Kier alpha value is -3.60. The number of nitriles is 1. The number of benzene rings is 1. The first kappa shape index (κ1) is 26.7. The van der Waals surface area contributed by atoms with Crippen LogP contribution in [-0.4, -0.2) is 49.6 Å². The summed E-state index contributed by atoms with van der Waals surface area (Å²) in [4.78, 5) is 37.8. The van der Waals surface area contributed by atoms with Crippen LogP contribution in [0.15, 0.2) is 34.9 Å². The fourth-order valence-corrected chi connectivity index (χ4v) is 3.54. The fourth-order valence-electron chi connectivity index (χ4n) is 3.54. The van der Waals surface area contributed by atoms with Crippen molar-refractivity contribution in [3.63, 3.8) is 0 Å². The molecule has 1 aliphatic heterocycles. The first-order valence-electron chi connectivity index (χ1n) is 11.5. The summed E-state index contributed by atoms with van der Waals surface area (Å²) >= 11 is 0. The Bertz CT molecular complexity index is 1020. The number of imide groups is 1. The molecule has 0 atom stereocenters. The second-order valence-electron chi connectivity index (χ2n) is 7.94. The average Bonchev–Trinajstić information content (AvgIpc) is 2.81. The highest BCUT2D eigenvalue weighted by Crippen LogP contribution is 2.32. The van der Waals surface area contributed by atoms with Crippen molar-refractivity contribution in [3.8, 4) is 17.6 Å². The monoisotopic (exact) mass is 468 g/mol. The molecule has 0 N–H and O–H groups in total. The highest BCUT2D eigenvalue weighted by molar-refractivity contribution is 6.19. The first-order chi connectivity index (χ1) is 16.3. The molecule has 0 spiro atoms. The second kappa shape index (κ2) is 13.2. The van der Waals surface area contributed by atoms with Gasteiger partial charge in [0.2, 0.25) is 0 Å². The van der Waals surface area contributed by atoms with Gasteiger partial charge in [-0.1, -0.05) is 32.3 Å². The van der Waals surface area contributed by atoms with Crippen LogP contribution in [0.2, 0.25) is 0 Å². The molecule has 0 saturated carbocycles. The van der Waals surface area contributed by atoms with Crippen LogP contribution < -0.4 is 9.47 Å². The Morgan fingerprint density at radius 1 is 1.09 bits per heavy atom. The molecule has 1 heterocycles. The Balaban J connectivity index is 2.26. The van der Waals surface area contributed by atoms with Crippen LogP contribution in [0.25, 0.3) is 6.08 Å². The molecule has 34 heavy (non-hydrogen) atoms. The van der Waals surface area contributed by atoms with Gasteiger partial charge in [-0.25, -0.2) is 0 Å². The average molecular weight is 469 g/mol. The van der Waals surface area contributed by atoms with E-state index in [0.29, 0.717) is 29.2 Å². The van der Waals surface area contributed by atoms with E-state index in [9.17, 15) is 19.6 Å². The van der Waals surface area contributed by atoms with Gasteiger partial charge in [-0.3, -0.25) is 19.3 Å². The van der Waals surface area contributed by atoms with Gasteiger partial charge < -0.3 is 14.2 Å². The first-order valence-corrected chi connectivity index (χ1v) is 11.5. The number of carbonyl (C=O) groups is 3. The predicted octanol–water partition coefficient (Wildman–Crippen LogP) is 4.20.